The molecule has 0 bridgehead atoms. The summed E-state index contributed by atoms with van der Waals surface area (Å²) in [6, 6.07) is 15.2. The summed E-state index contributed by atoms with van der Waals surface area (Å²) in [5.41, 5.74) is 0.451. The van der Waals surface area contributed by atoms with Crippen molar-refractivity contribution in [2.45, 2.75) is 32.0 Å². The van der Waals surface area contributed by atoms with E-state index in [2.05, 4.69) is 0 Å². The van der Waals surface area contributed by atoms with E-state index in [1.807, 2.05) is 62.4 Å². The van der Waals surface area contributed by atoms with Gasteiger partial charge in [-0.25, -0.2) is 0 Å². The van der Waals surface area contributed by atoms with E-state index in [1.54, 1.807) is 0 Å². The van der Waals surface area contributed by atoms with Gasteiger partial charge in [0.2, 0.25) is 0 Å². The molecule has 0 saturated heterocycles. The molecule has 0 amide bonds. The van der Waals surface area contributed by atoms with Gasteiger partial charge in [-0.05, 0) is 44.2 Å². The summed E-state index contributed by atoms with van der Waals surface area (Å²) in [4.78, 5) is 0. The van der Waals surface area contributed by atoms with Gasteiger partial charge in [0.15, 0.2) is 0 Å². The van der Waals surface area contributed by atoms with E-state index < -0.39 is 6.10 Å². The second-order valence-electron chi connectivity index (χ2n) is 5.70. The van der Waals surface area contributed by atoms with Crippen molar-refractivity contribution in [1.29, 1.82) is 0 Å². The van der Waals surface area contributed by atoms with Gasteiger partial charge in [0.25, 0.3) is 0 Å². The Kier molecular flexibility index (Phi) is 3.14. The highest BCUT2D eigenvalue weighted by atomic mass is 16.5. The first kappa shape index (κ1) is 13.0. The zero-order chi connectivity index (χ0) is 14.2. The lowest BCUT2D eigenvalue weighted by Gasteiger charge is -2.35. The van der Waals surface area contributed by atoms with Crippen LogP contribution in [0.1, 0.15) is 31.9 Å². The fourth-order valence-electron chi connectivity index (χ4n) is 2.48. The molecule has 2 aromatic carbocycles. The second kappa shape index (κ2) is 4.84. The summed E-state index contributed by atoms with van der Waals surface area (Å²) in [5.74, 6) is 2.21. The number of fused-ring (bicyclic) bond motifs is 1. The molecule has 0 radical (unpaired) electrons. The molecule has 2 aromatic rings. The molecule has 104 valence electrons. The Bertz CT molecular complexity index is 605. The molecular formula is C17H18O3. The van der Waals surface area contributed by atoms with Crippen molar-refractivity contribution in [3.05, 3.63) is 54.1 Å². The molecule has 0 saturated carbocycles. The second-order valence-corrected chi connectivity index (χ2v) is 5.70. The number of aliphatic hydroxyl groups excluding tert-OH is 1. The molecule has 1 unspecified atom stereocenters. The van der Waals surface area contributed by atoms with Crippen molar-refractivity contribution in [2.24, 2.45) is 0 Å². The number of rotatable bonds is 2. The molecule has 3 rings (SSSR count). The highest BCUT2D eigenvalue weighted by Gasteiger charge is 2.32. The minimum absolute atomic E-state index is 0.339. The maximum Gasteiger partial charge on any atom is 0.128 e. The predicted molar refractivity (Wildman–Crippen MR) is 77.2 cm³/mol. The van der Waals surface area contributed by atoms with Crippen LogP contribution < -0.4 is 9.47 Å². The predicted octanol–water partition coefficient (Wildman–Crippen LogP) is 4.07. The van der Waals surface area contributed by atoms with Crippen LogP contribution in [-0.2, 0) is 0 Å². The third-order valence-corrected chi connectivity index (χ3v) is 3.39. The lowest BCUT2D eigenvalue weighted by molar-refractivity contribution is 0.0114. The van der Waals surface area contributed by atoms with Crippen molar-refractivity contribution in [1.82, 2.24) is 0 Å². The molecule has 3 heteroatoms. The molecule has 0 spiro atoms. The molecule has 1 atom stereocenters. The van der Waals surface area contributed by atoms with Gasteiger partial charge in [0, 0.05) is 12.0 Å². The normalized spacial score (nSPS) is 19.9. The quantitative estimate of drug-likeness (QED) is 0.893. The van der Waals surface area contributed by atoms with Crippen molar-refractivity contribution in [3.63, 3.8) is 0 Å². The minimum atomic E-state index is -0.520. The molecule has 1 aliphatic rings. The summed E-state index contributed by atoms with van der Waals surface area (Å²) < 4.78 is 11.7. The molecule has 3 nitrogen and oxygen atoms in total. The first-order valence-electron chi connectivity index (χ1n) is 6.77. The SMILES string of the molecule is CC1(C)CC(O)c2cc(Oc3ccccc3)ccc2O1. The van der Waals surface area contributed by atoms with Crippen LogP contribution in [0.25, 0.3) is 0 Å². The number of aliphatic hydroxyl groups is 1. The smallest absolute Gasteiger partial charge is 0.128 e. The van der Waals surface area contributed by atoms with Gasteiger partial charge in [0.05, 0.1) is 6.10 Å². The number of benzene rings is 2. The van der Waals surface area contributed by atoms with Gasteiger partial charge in [-0.15, -0.1) is 0 Å². The average Bonchev–Trinajstić information content (AvgIpc) is 2.40. The van der Waals surface area contributed by atoms with E-state index >= 15 is 0 Å². The van der Waals surface area contributed by atoms with Gasteiger partial charge >= 0.3 is 0 Å². The summed E-state index contributed by atoms with van der Waals surface area (Å²) in [6.45, 7) is 3.96. The molecular weight excluding hydrogens is 252 g/mol. The van der Waals surface area contributed by atoms with Gasteiger partial charge < -0.3 is 14.6 Å². The first-order chi connectivity index (χ1) is 9.53. The Balaban J connectivity index is 1.88. The fraction of sp³-hybridized carbons (Fsp3) is 0.294. The summed E-state index contributed by atoms with van der Waals surface area (Å²) >= 11 is 0. The van der Waals surface area contributed by atoms with E-state index in [4.69, 9.17) is 9.47 Å². The summed E-state index contributed by atoms with van der Waals surface area (Å²) in [6.07, 6.45) is 0.0579. The van der Waals surface area contributed by atoms with Crippen LogP contribution in [0.3, 0.4) is 0 Å². The molecule has 1 N–H and O–H groups in total. The Labute approximate surface area is 118 Å². The highest BCUT2D eigenvalue weighted by Crippen LogP contribution is 2.41. The van der Waals surface area contributed by atoms with Crippen LogP contribution >= 0.6 is 0 Å². The van der Waals surface area contributed by atoms with Gasteiger partial charge in [-0.2, -0.15) is 0 Å². The van der Waals surface area contributed by atoms with Crippen LogP contribution in [0.2, 0.25) is 0 Å². The Morgan fingerprint density at radius 1 is 1.10 bits per heavy atom. The Hall–Kier alpha value is -2.00. The van der Waals surface area contributed by atoms with E-state index in [-0.39, 0.29) is 5.60 Å². The van der Waals surface area contributed by atoms with Crippen LogP contribution in [0.4, 0.5) is 0 Å². The Morgan fingerprint density at radius 3 is 2.60 bits per heavy atom. The van der Waals surface area contributed by atoms with Crippen molar-refractivity contribution >= 4 is 0 Å². The minimum Gasteiger partial charge on any atom is -0.487 e. The number of hydrogen-bond donors (Lipinski definition) is 1. The average molecular weight is 270 g/mol. The number of para-hydroxylation sites is 1. The van der Waals surface area contributed by atoms with Gasteiger partial charge in [-0.1, -0.05) is 18.2 Å². The molecule has 0 aliphatic carbocycles. The van der Waals surface area contributed by atoms with Crippen LogP contribution in [0, 0.1) is 0 Å². The standard InChI is InChI=1S/C17H18O3/c1-17(2)11-15(18)14-10-13(8-9-16(14)20-17)19-12-6-4-3-5-7-12/h3-10,15,18H,11H2,1-2H3. The first-order valence-corrected chi connectivity index (χ1v) is 6.77. The fourth-order valence-corrected chi connectivity index (χ4v) is 2.48. The van der Waals surface area contributed by atoms with Crippen molar-refractivity contribution < 1.29 is 14.6 Å². The largest absolute Gasteiger partial charge is 0.487 e. The third-order valence-electron chi connectivity index (χ3n) is 3.39. The van der Waals surface area contributed by atoms with Crippen LogP contribution in [-0.4, -0.2) is 10.7 Å². The summed E-state index contributed by atoms with van der Waals surface area (Å²) in [5, 5.41) is 10.3. The topological polar surface area (TPSA) is 38.7 Å². The van der Waals surface area contributed by atoms with E-state index in [9.17, 15) is 5.11 Å². The third kappa shape index (κ3) is 2.63. The maximum absolute atomic E-state index is 10.3. The van der Waals surface area contributed by atoms with E-state index in [1.165, 1.54) is 0 Å². The number of ether oxygens (including phenoxy) is 2. The molecule has 1 heterocycles. The van der Waals surface area contributed by atoms with E-state index in [0.717, 1.165) is 17.1 Å². The summed E-state index contributed by atoms with van der Waals surface area (Å²) in [7, 11) is 0. The molecule has 1 aliphatic heterocycles. The van der Waals surface area contributed by atoms with Crippen molar-refractivity contribution in [2.75, 3.05) is 0 Å². The van der Waals surface area contributed by atoms with Crippen molar-refractivity contribution in [3.8, 4) is 17.2 Å². The lowest BCUT2D eigenvalue weighted by Crippen LogP contribution is -2.34. The maximum atomic E-state index is 10.3. The lowest BCUT2D eigenvalue weighted by atomic mass is 9.92. The van der Waals surface area contributed by atoms with Crippen LogP contribution in [0.5, 0.6) is 17.2 Å². The molecule has 0 fully saturated rings. The van der Waals surface area contributed by atoms with Crippen LogP contribution in [0.15, 0.2) is 48.5 Å². The number of hydrogen-bond acceptors (Lipinski definition) is 3. The highest BCUT2D eigenvalue weighted by molar-refractivity contribution is 5.44. The van der Waals surface area contributed by atoms with E-state index in [0.29, 0.717) is 12.2 Å². The van der Waals surface area contributed by atoms with Gasteiger partial charge in [-0.3, -0.25) is 0 Å². The van der Waals surface area contributed by atoms with Gasteiger partial charge in [0.1, 0.15) is 22.8 Å². The zero-order valence-corrected chi connectivity index (χ0v) is 11.7. The Morgan fingerprint density at radius 2 is 1.85 bits per heavy atom. The molecule has 20 heavy (non-hydrogen) atoms. The molecule has 0 aromatic heterocycles. The zero-order valence-electron chi connectivity index (χ0n) is 11.7. The monoisotopic (exact) mass is 270 g/mol.